The Kier molecular flexibility index (Phi) is 9.65. The highest BCUT2D eigenvalue weighted by Gasteiger charge is 2.10. The molecule has 112 valence electrons. The van der Waals surface area contributed by atoms with Crippen molar-refractivity contribution in [2.75, 3.05) is 18.6 Å². The lowest BCUT2D eigenvalue weighted by Crippen LogP contribution is -2.22. The van der Waals surface area contributed by atoms with E-state index in [2.05, 4.69) is 5.32 Å². The number of nitrogens with one attached hydrogen (secondary N) is 1. The van der Waals surface area contributed by atoms with Crippen molar-refractivity contribution in [1.29, 1.82) is 0 Å². The van der Waals surface area contributed by atoms with Crippen molar-refractivity contribution in [3.8, 4) is 12.3 Å². The number of rotatable bonds is 5. The quantitative estimate of drug-likeness (QED) is 0.392. The Morgan fingerprint density at radius 3 is 2.19 bits per heavy atom. The Balaban J connectivity index is 0.000000433. The second kappa shape index (κ2) is 10.7. The molecule has 4 nitrogen and oxygen atoms in total. The number of hydrogen-bond acceptors (Lipinski definition) is 4. The highest BCUT2D eigenvalue weighted by molar-refractivity contribution is 7.98. The molecule has 0 bridgehead atoms. The van der Waals surface area contributed by atoms with Gasteiger partial charge in [0, 0.05) is 30.3 Å². The Labute approximate surface area is 129 Å². The fourth-order valence-electron chi connectivity index (χ4n) is 1.39. The van der Waals surface area contributed by atoms with E-state index in [-0.39, 0.29) is 11.7 Å². The lowest BCUT2D eigenvalue weighted by Gasteiger charge is -2.00. The molecule has 0 saturated carbocycles. The number of Topliss-reactive ketones (excluding diaryl/α,β-unsaturated/α-hetero) is 2. The summed E-state index contributed by atoms with van der Waals surface area (Å²) < 4.78 is 0. The summed E-state index contributed by atoms with van der Waals surface area (Å²) in [5, 5.41) is 2.69. The van der Waals surface area contributed by atoms with Gasteiger partial charge in [-0.1, -0.05) is 18.2 Å². The molecule has 0 aromatic heterocycles. The highest BCUT2D eigenvalue weighted by atomic mass is 32.2. The summed E-state index contributed by atoms with van der Waals surface area (Å²) in [5.74, 6) is 2.43. The van der Waals surface area contributed by atoms with E-state index in [1.165, 1.54) is 13.8 Å². The third-order valence-electron chi connectivity index (χ3n) is 2.36. The molecule has 0 radical (unpaired) electrons. The van der Waals surface area contributed by atoms with Crippen LogP contribution in [0.15, 0.2) is 24.3 Å². The predicted molar refractivity (Wildman–Crippen MR) is 86.7 cm³/mol. The van der Waals surface area contributed by atoms with Crippen LogP contribution in [-0.2, 0) is 4.79 Å². The van der Waals surface area contributed by atoms with Gasteiger partial charge in [0.1, 0.15) is 0 Å². The fourth-order valence-corrected chi connectivity index (χ4v) is 1.70. The van der Waals surface area contributed by atoms with E-state index in [9.17, 15) is 14.4 Å². The van der Waals surface area contributed by atoms with Crippen molar-refractivity contribution in [3.05, 3.63) is 35.4 Å². The molecule has 5 heteroatoms. The average Bonchev–Trinajstić information content (AvgIpc) is 2.47. The smallest absolute Gasteiger partial charge is 0.236 e. The fraction of sp³-hybridized carbons (Fsp3) is 0.312. The molecule has 1 N–H and O–H groups in total. The van der Waals surface area contributed by atoms with Gasteiger partial charge in [-0.3, -0.25) is 14.4 Å². The van der Waals surface area contributed by atoms with Crippen molar-refractivity contribution in [1.82, 2.24) is 5.32 Å². The van der Waals surface area contributed by atoms with E-state index in [0.717, 1.165) is 12.3 Å². The molecule has 0 saturated heterocycles. The zero-order valence-electron chi connectivity index (χ0n) is 12.4. The summed E-state index contributed by atoms with van der Waals surface area (Å²) in [5.41, 5.74) is 0.683. The van der Waals surface area contributed by atoms with Gasteiger partial charge in [0.05, 0.1) is 0 Å². The second-order valence-corrected chi connectivity index (χ2v) is 5.04. The van der Waals surface area contributed by atoms with Crippen molar-refractivity contribution in [2.24, 2.45) is 0 Å². The molecule has 1 rings (SSSR count). The molecule has 1 aromatic carbocycles. The third-order valence-corrected chi connectivity index (χ3v) is 2.97. The first kappa shape index (κ1) is 18.9. The summed E-state index contributed by atoms with van der Waals surface area (Å²) in [6.07, 6.45) is 6.98. The number of carbonyl (C=O) groups is 3. The number of ketones is 2. The van der Waals surface area contributed by atoms with Gasteiger partial charge in [-0.15, -0.1) is 6.42 Å². The number of terminal acetylenes is 1. The molecule has 0 fully saturated rings. The minimum Gasteiger partial charge on any atom is -0.356 e. The maximum atomic E-state index is 11.2. The lowest BCUT2D eigenvalue weighted by atomic mass is 10.0. The molecule has 0 aliphatic rings. The second-order valence-electron chi connectivity index (χ2n) is 4.05. The topological polar surface area (TPSA) is 63.2 Å². The molecular formula is C16H19NO3S. The van der Waals surface area contributed by atoms with E-state index < -0.39 is 5.78 Å². The Hall–Kier alpha value is -2.06. The number of hydrogen-bond donors (Lipinski definition) is 1. The summed E-state index contributed by atoms with van der Waals surface area (Å²) in [7, 11) is 0. The third kappa shape index (κ3) is 7.95. The minimum atomic E-state index is -0.453. The normalized spacial score (nSPS) is 8.86. The van der Waals surface area contributed by atoms with E-state index in [4.69, 9.17) is 6.42 Å². The van der Waals surface area contributed by atoms with Gasteiger partial charge in [0.2, 0.25) is 11.7 Å². The van der Waals surface area contributed by atoms with Gasteiger partial charge in [0.25, 0.3) is 0 Å². The van der Waals surface area contributed by atoms with Crippen molar-refractivity contribution in [3.63, 3.8) is 0 Å². The van der Waals surface area contributed by atoms with Crippen molar-refractivity contribution in [2.45, 2.75) is 13.8 Å². The average molecular weight is 305 g/mol. The van der Waals surface area contributed by atoms with Crippen LogP contribution in [-0.4, -0.2) is 36.0 Å². The van der Waals surface area contributed by atoms with Gasteiger partial charge in [-0.05, 0) is 25.2 Å². The summed E-state index contributed by atoms with van der Waals surface area (Å²) in [6, 6.07) is 6.52. The number of thioether (sulfide) groups is 1. The Morgan fingerprint density at radius 2 is 1.76 bits per heavy atom. The van der Waals surface area contributed by atoms with Crippen LogP contribution in [0.5, 0.6) is 0 Å². The number of benzene rings is 1. The summed E-state index contributed by atoms with van der Waals surface area (Å²) in [6.45, 7) is 3.72. The monoisotopic (exact) mass is 305 g/mol. The van der Waals surface area contributed by atoms with Crippen molar-refractivity contribution >= 4 is 29.2 Å². The molecule has 0 spiro atoms. The SMILES string of the molecule is C#CC(=O)c1ccccc1C(C)=O.CSCCNC(C)=O. The molecule has 0 aliphatic carbocycles. The van der Waals surface area contributed by atoms with Crippen molar-refractivity contribution < 1.29 is 14.4 Å². The molecule has 0 unspecified atom stereocenters. The molecule has 0 aliphatic heterocycles. The highest BCUT2D eigenvalue weighted by Crippen LogP contribution is 2.09. The van der Waals surface area contributed by atoms with Gasteiger partial charge in [-0.25, -0.2) is 0 Å². The zero-order valence-corrected chi connectivity index (χ0v) is 13.3. The van der Waals surface area contributed by atoms with E-state index in [1.807, 2.05) is 12.2 Å². The van der Waals surface area contributed by atoms with Crippen LogP contribution in [0.4, 0.5) is 0 Å². The van der Waals surface area contributed by atoms with Crippen LogP contribution in [0, 0.1) is 12.3 Å². The first-order valence-electron chi connectivity index (χ1n) is 6.28. The van der Waals surface area contributed by atoms with Crippen LogP contribution < -0.4 is 5.32 Å². The maximum absolute atomic E-state index is 11.2. The van der Waals surface area contributed by atoms with Crippen LogP contribution in [0.1, 0.15) is 34.6 Å². The van der Waals surface area contributed by atoms with E-state index >= 15 is 0 Å². The molecule has 1 amide bonds. The Morgan fingerprint density at radius 1 is 1.19 bits per heavy atom. The largest absolute Gasteiger partial charge is 0.356 e. The van der Waals surface area contributed by atoms with Crippen LogP contribution in [0.3, 0.4) is 0 Å². The molecule has 21 heavy (non-hydrogen) atoms. The molecule has 0 atom stereocenters. The standard InChI is InChI=1S/C11H8O2.C5H11NOS/c1-3-11(13)10-7-5-4-6-9(10)8(2)12;1-5(7)6-3-4-8-2/h1,4-7H,2H3;3-4H2,1-2H3,(H,6,7). The van der Waals surface area contributed by atoms with Crippen LogP contribution in [0.25, 0.3) is 0 Å². The first-order chi connectivity index (χ1) is 9.93. The number of amides is 1. The zero-order chi connectivity index (χ0) is 16.3. The van der Waals surface area contributed by atoms with Crippen LogP contribution >= 0.6 is 11.8 Å². The molecular weight excluding hydrogens is 286 g/mol. The summed E-state index contributed by atoms with van der Waals surface area (Å²) >= 11 is 1.73. The predicted octanol–water partition coefficient (Wildman–Crippen LogP) is 2.19. The van der Waals surface area contributed by atoms with Gasteiger partial charge in [-0.2, -0.15) is 11.8 Å². The number of carbonyl (C=O) groups excluding carboxylic acids is 3. The van der Waals surface area contributed by atoms with Gasteiger partial charge in [0.15, 0.2) is 5.78 Å². The molecule has 1 aromatic rings. The minimum absolute atomic E-state index is 0.0547. The first-order valence-corrected chi connectivity index (χ1v) is 7.67. The van der Waals surface area contributed by atoms with Gasteiger partial charge >= 0.3 is 0 Å². The van der Waals surface area contributed by atoms with Gasteiger partial charge < -0.3 is 5.32 Å². The molecule has 0 heterocycles. The maximum Gasteiger partial charge on any atom is 0.236 e. The Bertz CT molecular complexity index is 547. The summed E-state index contributed by atoms with van der Waals surface area (Å²) in [4.78, 5) is 32.4. The van der Waals surface area contributed by atoms with E-state index in [1.54, 1.807) is 36.0 Å². The lowest BCUT2D eigenvalue weighted by molar-refractivity contribution is -0.118. The van der Waals surface area contributed by atoms with Crippen LogP contribution in [0.2, 0.25) is 0 Å². The van der Waals surface area contributed by atoms with E-state index in [0.29, 0.717) is 11.1 Å².